The van der Waals surface area contributed by atoms with Gasteiger partial charge in [-0.15, -0.1) is 0 Å². The van der Waals surface area contributed by atoms with Crippen molar-refractivity contribution in [1.82, 2.24) is 0 Å². The Labute approximate surface area is 152 Å². The zero-order valence-corrected chi connectivity index (χ0v) is 15.0. The molecule has 1 saturated heterocycles. The molecular weight excluding hydrogens is 332 g/mol. The van der Waals surface area contributed by atoms with E-state index >= 15 is 0 Å². The van der Waals surface area contributed by atoms with Crippen molar-refractivity contribution in [3.05, 3.63) is 48.0 Å². The summed E-state index contributed by atoms with van der Waals surface area (Å²) >= 11 is 0. The molecule has 0 spiro atoms. The van der Waals surface area contributed by atoms with Crippen molar-refractivity contribution in [2.45, 2.75) is 19.8 Å². The second kappa shape index (κ2) is 7.91. The first kappa shape index (κ1) is 17.8. The Balaban J connectivity index is 1.70. The Morgan fingerprint density at radius 2 is 1.92 bits per heavy atom. The summed E-state index contributed by atoms with van der Waals surface area (Å²) in [6, 6.07) is 12.3. The number of carbonyl (C=O) groups excluding carboxylic acids is 2. The minimum absolute atomic E-state index is 0.128. The average molecular weight is 354 g/mol. The van der Waals surface area contributed by atoms with Gasteiger partial charge in [-0.25, -0.2) is 0 Å². The van der Waals surface area contributed by atoms with Gasteiger partial charge < -0.3 is 19.7 Å². The number of hydrogen-bond acceptors (Lipinski definition) is 4. The van der Waals surface area contributed by atoms with Crippen LogP contribution in [0.2, 0.25) is 0 Å². The van der Waals surface area contributed by atoms with Gasteiger partial charge in [0.15, 0.2) is 11.5 Å². The third kappa shape index (κ3) is 3.79. The fourth-order valence-electron chi connectivity index (χ4n) is 2.94. The third-order valence-corrected chi connectivity index (χ3v) is 4.24. The van der Waals surface area contributed by atoms with E-state index in [0.29, 0.717) is 35.8 Å². The lowest BCUT2D eigenvalue weighted by atomic mass is 10.1. The Kier molecular flexibility index (Phi) is 5.41. The van der Waals surface area contributed by atoms with Gasteiger partial charge in [0.25, 0.3) is 5.91 Å². The number of benzene rings is 2. The van der Waals surface area contributed by atoms with Gasteiger partial charge in [0.05, 0.1) is 13.7 Å². The van der Waals surface area contributed by atoms with Crippen molar-refractivity contribution in [3.8, 4) is 11.5 Å². The van der Waals surface area contributed by atoms with Gasteiger partial charge in [0.2, 0.25) is 5.91 Å². The molecule has 1 N–H and O–H groups in total. The molecule has 0 saturated carbocycles. The molecule has 6 heteroatoms. The second-order valence-corrected chi connectivity index (χ2v) is 5.95. The molecule has 2 amide bonds. The number of hydrogen-bond donors (Lipinski definition) is 1. The van der Waals surface area contributed by atoms with Crippen LogP contribution in [0.5, 0.6) is 11.5 Å². The van der Waals surface area contributed by atoms with E-state index in [4.69, 9.17) is 9.47 Å². The first-order valence-corrected chi connectivity index (χ1v) is 8.65. The quantitative estimate of drug-likeness (QED) is 0.862. The Bertz CT molecular complexity index is 802. The molecule has 26 heavy (non-hydrogen) atoms. The first-order chi connectivity index (χ1) is 12.6. The lowest BCUT2D eigenvalue weighted by Gasteiger charge is -2.16. The summed E-state index contributed by atoms with van der Waals surface area (Å²) in [4.78, 5) is 26.0. The molecule has 1 heterocycles. The summed E-state index contributed by atoms with van der Waals surface area (Å²) in [6.45, 7) is 3.17. The Morgan fingerprint density at radius 1 is 1.15 bits per heavy atom. The summed E-state index contributed by atoms with van der Waals surface area (Å²) in [5.74, 6) is 1.10. The second-order valence-electron chi connectivity index (χ2n) is 5.95. The zero-order valence-electron chi connectivity index (χ0n) is 15.0. The van der Waals surface area contributed by atoms with Crippen LogP contribution in [0.1, 0.15) is 30.1 Å². The molecule has 3 rings (SSSR count). The minimum atomic E-state index is -0.226. The molecule has 0 atom stereocenters. The van der Waals surface area contributed by atoms with Crippen molar-refractivity contribution in [3.63, 3.8) is 0 Å². The predicted octanol–water partition coefficient (Wildman–Crippen LogP) is 3.47. The van der Waals surface area contributed by atoms with Crippen LogP contribution in [0.3, 0.4) is 0 Å². The van der Waals surface area contributed by atoms with E-state index in [1.54, 1.807) is 54.5 Å². The highest BCUT2D eigenvalue weighted by molar-refractivity contribution is 6.05. The molecular formula is C20H22N2O4. The van der Waals surface area contributed by atoms with Crippen molar-refractivity contribution >= 4 is 23.2 Å². The average Bonchev–Trinajstić information content (AvgIpc) is 3.09. The van der Waals surface area contributed by atoms with E-state index in [-0.39, 0.29) is 11.8 Å². The highest BCUT2D eigenvalue weighted by Gasteiger charge is 2.21. The van der Waals surface area contributed by atoms with Crippen LogP contribution in [-0.4, -0.2) is 32.1 Å². The molecule has 2 aromatic rings. The Hall–Kier alpha value is -3.02. The predicted molar refractivity (Wildman–Crippen MR) is 100 cm³/mol. The molecule has 0 bridgehead atoms. The summed E-state index contributed by atoms with van der Waals surface area (Å²) in [5, 5.41) is 2.85. The fraction of sp³-hybridized carbons (Fsp3) is 0.300. The zero-order chi connectivity index (χ0) is 18.5. The van der Waals surface area contributed by atoms with Crippen LogP contribution >= 0.6 is 0 Å². The lowest BCUT2D eigenvalue weighted by molar-refractivity contribution is -0.117. The maximum Gasteiger partial charge on any atom is 0.255 e. The lowest BCUT2D eigenvalue weighted by Crippen LogP contribution is -2.23. The molecule has 6 nitrogen and oxygen atoms in total. The van der Waals surface area contributed by atoms with E-state index in [1.165, 1.54) is 0 Å². The molecule has 2 aromatic carbocycles. The minimum Gasteiger partial charge on any atom is -0.493 e. The third-order valence-electron chi connectivity index (χ3n) is 4.24. The van der Waals surface area contributed by atoms with Crippen molar-refractivity contribution < 1.29 is 19.1 Å². The number of methoxy groups -OCH3 is 1. The van der Waals surface area contributed by atoms with Gasteiger partial charge in [0, 0.05) is 36.0 Å². The van der Waals surface area contributed by atoms with Crippen LogP contribution in [0.25, 0.3) is 0 Å². The Morgan fingerprint density at radius 3 is 2.54 bits per heavy atom. The van der Waals surface area contributed by atoms with Crippen LogP contribution in [-0.2, 0) is 4.79 Å². The van der Waals surface area contributed by atoms with E-state index in [0.717, 1.165) is 18.7 Å². The fourth-order valence-corrected chi connectivity index (χ4v) is 2.94. The van der Waals surface area contributed by atoms with Gasteiger partial charge in [-0.1, -0.05) is 0 Å². The summed E-state index contributed by atoms with van der Waals surface area (Å²) < 4.78 is 10.8. The van der Waals surface area contributed by atoms with Gasteiger partial charge in [-0.3, -0.25) is 9.59 Å². The van der Waals surface area contributed by atoms with Crippen LogP contribution < -0.4 is 19.7 Å². The monoisotopic (exact) mass is 354 g/mol. The maximum absolute atomic E-state index is 12.5. The molecule has 1 aliphatic rings. The van der Waals surface area contributed by atoms with Crippen molar-refractivity contribution in [2.75, 3.05) is 30.5 Å². The van der Waals surface area contributed by atoms with Gasteiger partial charge in [0.1, 0.15) is 0 Å². The van der Waals surface area contributed by atoms with E-state index in [2.05, 4.69) is 5.32 Å². The SMILES string of the molecule is CCOc1ccc(NC(=O)c2ccc(N3CCCC3=O)cc2)cc1OC. The van der Waals surface area contributed by atoms with Crippen molar-refractivity contribution in [1.29, 1.82) is 0 Å². The molecule has 0 aliphatic carbocycles. The number of nitrogens with one attached hydrogen (secondary N) is 1. The number of nitrogens with zero attached hydrogens (tertiary/aromatic N) is 1. The highest BCUT2D eigenvalue weighted by Crippen LogP contribution is 2.30. The number of anilines is 2. The molecule has 0 aromatic heterocycles. The number of ether oxygens (including phenoxy) is 2. The summed E-state index contributed by atoms with van der Waals surface area (Å²) in [5.41, 5.74) is 1.97. The normalized spacial score (nSPS) is 13.6. The largest absolute Gasteiger partial charge is 0.493 e. The van der Waals surface area contributed by atoms with E-state index in [9.17, 15) is 9.59 Å². The van der Waals surface area contributed by atoms with Crippen LogP contribution in [0.4, 0.5) is 11.4 Å². The van der Waals surface area contributed by atoms with Crippen LogP contribution in [0.15, 0.2) is 42.5 Å². The van der Waals surface area contributed by atoms with E-state index < -0.39 is 0 Å². The van der Waals surface area contributed by atoms with Gasteiger partial charge in [-0.05, 0) is 49.7 Å². The highest BCUT2D eigenvalue weighted by atomic mass is 16.5. The molecule has 1 aliphatic heterocycles. The molecule has 1 fully saturated rings. The topological polar surface area (TPSA) is 67.9 Å². The smallest absolute Gasteiger partial charge is 0.255 e. The number of carbonyl (C=O) groups is 2. The van der Waals surface area contributed by atoms with Crippen molar-refractivity contribution in [2.24, 2.45) is 0 Å². The summed E-state index contributed by atoms with van der Waals surface area (Å²) in [6.07, 6.45) is 1.46. The first-order valence-electron chi connectivity index (χ1n) is 8.65. The standard InChI is InChI=1S/C20H22N2O4/c1-3-26-17-11-8-15(13-18(17)25-2)21-20(24)14-6-9-16(10-7-14)22-12-4-5-19(22)23/h6-11,13H,3-5,12H2,1-2H3,(H,21,24). The van der Waals surface area contributed by atoms with Gasteiger partial charge in [-0.2, -0.15) is 0 Å². The number of amides is 2. The summed E-state index contributed by atoms with van der Waals surface area (Å²) in [7, 11) is 1.56. The van der Waals surface area contributed by atoms with Crippen LogP contribution in [0, 0.1) is 0 Å². The molecule has 136 valence electrons. The van der Waals surface area contributed by atoms with Gasteiger partial charge >= 0.3 is 0 Å². The number of rotatable bonds is 6. The maximum atomic E-state index is 12.5. The molecule has 0 radical (unpaired) electrons. The molecule has 0 unspecified atom stereocenters. The van der Waals surface area contributed by atoms with E-state index in [1.807, 2.05) is 6.92 Å².